The Morgan fingerprint density at radius 3 is 0.930 bits per heavy atom. The van der Waals surface area contributed by atoms with Crippen LogP contribution >= 0.6 is 0 Å². The third-order valence-corrected chi connectivity index (χ3v) is 24.7. The summed E-state index contributed by atoms with van der Waals surface area (Å²) in [5.41, 5.74) is 1.01. The summed E-state index contributed by atoms with van der Waals surface area (Å²) in [6.45, 7) is 38.0. The fraction of sp³-hybridized carbons (Fsp3) is 0.786. The zero-order chi connectivity index (χ0) is 34.2. The zero-order valence-electron chi connectivity index (χ0n) is 30.4. The van der Waals surface area contributed by atoms with Crippen molar-refractivity contribution in [1.82, 2.24) is 9.80 Å². The predicted octanol–water partition coefficient (Wildman–Crippen LogP) is 7.14. The monoisotopic (exact) mass is 708 g/mol. The maximum Gasteiger partial charge on any atom is 0.472 e. The van der Waals surface area contributed by atoms with E-state index in [1.807, 2.05) is 0 Å². The average Bonchev–Trinajstić information content (AvgIpc) is 2.72. The van der Waals surface area contributed by atoms with Gasteiger partial charge in [-0.3, -0.25) is 9.59 Å². The van der Waals surface area contributed by atoms with Gasteiger partial charge in [-0.2, -0.15) is 0 Å². The van der Waals surface area contributed by atoms with Crippen LogP contribution in [0, 0.1) is 0 Å². The normalized spacial score (nSPS) is 13.6. The second kappa shape index (κ2) is 16.4. The summed E-state index contributed by atoms with van der Waals surface area (Å²) in [7, 11) is -12.0. The Morgan fingerprint density at radius 2 is 0.744 bits per heavy atom. The minimum absolute atomic E-state index is 0.0771. The van der Waals surface area contributed by atoms with Crippen molar-refractivity contribution in [3.8, 4) is 0 Å². The van der Waals surface area contributed by atoms with Crippen molar-refractivity contribution >= 4 is 62.7 Å². The van der Waals surface area contributed by atoms with Gasteiger partial charge in [0.2, 0.25) is 11.8 Å². The third kappa shape index (κ3) is 18.3. The molecule has 0 atom stereocenters. The largest absolute Gasteiger partial charge is 0.472 e. The summed E-state index contributed by atoms with van der Waals surface area (Å²) in [4.78, 5) is 28.5. The van der Waals surface area contributed by atoms with Crippen LogP contribution in [0.5, 0.6) is 0 Å². The smallest absolute Gasteiger partial charge is 0.417 e. The molecule has 0 aromatic rings. The van der Waals surface area contributed by atoms with E-state index >= 15 is 0 Å². The number of likely N-dealkylation sites (N-methyl/N-ethyl adjacent to an activating group) is 2. The summed E-state index contributed by atoms with van der Waals surface area (Å²) >= 11 is 0. The second-order valence-corrected chi connectivity index (χ2v) is 40.3. The summed E-state index contributed by atoms with van der Waals surface area (Å²) in [5, 5.41) is 0. The molecule has 0 saturated carbocycles. The number of hydrogen-bond acceptors (Lipinski definition) is 7. The van der Waals surface area contributed by atoms with Gasteiger partial charge in [0.05, 0.1) is 0 Å². The average molecular weight is 709 g/mol. The van der Waals surface area contributed by atoms with Crippen molar-refractivity contribution in [2.75, 3.05) is 27.2 Å². The maximum absolute atomic E-state index is 12.6. The van der Waals surface area contributed by atoms with E-state index in [4.69, 9.17) is 20.6 Å². The molecule has 0 heterocycles. The van der Waals surface area contributed by atoms with Crippen molar-refractivity contribution in [2.45, 2.75) is 117 Å². The molecule has 0 saturated heterocycles. The van der Waals surface area contributed by atoms with Crippen molar-refractivity contribution < 1.29 is 30.2 Å². The first-order valence-electron chi connectivity index (χ1n) is 15.3. The van der Waals surface area contributed by atoms with Crippen LogP contribution in [-0.2, 0) is 30.2 Å². The summed E-state index contributed by atoms with van der Waals surface area (Å²) in [5.74, 6) is -0.154. The van der Waals surface area contributed by atoms with Crippen molar-refractivity contribution in [3.05, 3.63) is 24.3 Å². The van der Waals surface area contributed by atoms with Crippen LogP contribution in [0.25, 0.3) is 0 Å². The second-order valence-electron chi connectivity index (χ2n) is 15.5. The van der Waals surface area contributed by atoms with Crippen LogP contribution in [-0.4, -0.2) is 99.7 Å². The van der Waals surface area contributed by atoms with E-state index in [0.717, 1.165) is 0 Å². The molecular weight excluding hydrogens is 645 g/mol. The van der Waals surface area contributed by atoms with Crippen LogP contribution in [0.4, 0.5) is 0 Å². The van der Waals surface area contributed by atoms with Gasteiger partial charge < -0.3 is 30.4 Å². The molecule has 0 fully saturated rings. The molecule has 0 N–H and O–H groups in total. The predicted molar refractivity (Wildman–Crippen MR) is 194 cm³/mol. The Morgan fingerprint density at radius 1 is 0.512 bits per heavy atom. The molecule has 0 spiro atoms. The van der Waals surface area contributed by atoms with Gasteiger partial charge in [0.15, 0.2) is 33.3 Å². The molecule has 0 aliphatic rings. The molecule has 0 aliphatic carbocycles. The first-order chi connectivity index (χ1) is 19.0. The highest BCUT2D eigenvalue weighted by Crippen LogP contribution is 2.36. The Hall–Kier alpha value is -0.479. The fourth-order valence-electron chi connectivity index (χ4n) is 4.45. The lowest BCUT2D eigenvalue weighted by atomic mass is 10.3. The number of rotatable bonds is 20. The molecule has 0 unspecified atom stereocenters. The van der Waals surface area contributed by atoms with Crippen molar-refractivity contribution in [3.63, 3.8) is 0 Å². The van der Waals surface area contributed by atoms with Gasteiger partial charge in [-0.05, 0) is 105 Å². The van der Waals surface area contributed by atoms with Gasteiger partial charge in [-0.25, -0.2) is 0 Å². The van der Waals surface area contributed by atoms with Crippen LogP contribution < -0.4 is 0 Å². The molecule has 2 amide bonds. The van der Waals surface area contributed by atoms with E-state index in [2.05, 4.69) is 91.7 Å². The lowest BCUT2D eigenvalue weighted by molar-refractivity contribution is -0.126. The van der Waals surface area contributed by atoms with Crippen LogP contribution in [0.2, 0.25) is 90.7 Å². The van der Waals surface area contributed by atoms with Crippen LogP contribution in [0.15, 0.2) is 24.3 Å². The maximum atomic E-state index is 12.6. The van der Waals surface area contributed by atoms with Crippen molar-refractivity contribution in [2.24, 2.45) is 0 Å². The molecule has 0 aromatic carbocycles. The summed E-state index contributed by atoms with van der Waals surface area (Å²) in [6.07, 6.45) is 1.30. The minimum atomic E-state index is -3.42. The van der Waals surface area contributed by atoms with E-state index in [1.54, 1.807) is 37.7 Å². The zero-order valence-corrected chi connectivity index (χ0v) is 36.4. The van der Waals surface area contributed by atoms with E-state index < -0.39 is 50.9 Å². The number of hydrogen-bond donors (Lipinski definition) is 0. The molecule has 252 valence electrons. The van der Waals surface area contributed by atoms with Gasteiger partial charge in [-0.15, -0.1) is 0 Å². The van der Waals surface area contributed by atoms with E-state index in [9.17, 15) is 9.59 Å². The fourth-order valence-corrected chi connectivity index (χ4v) is 28.2. The van der Waals surface area contributed by atoms with Crippen LogP contribution in [0.1, 0.15) is 26.7 Å². The number of carbonyl (C=O) groups is 2. The topological polar surface area (TPSA) is 86.8 Å². The van der Waals surface area contributed by atoms with E-state index in [-0.39, 0.29) is 11.8 Å². The molecule has 0 radical (unpaired) electrons. The molecular formula is C28H64N2O7Si6. The third-order valence-electron chi connectivity index (χ3n) is 5.53. The van der Waals surface area contributed by atoms with Gasteiger partial charge in [0.1, 0.15) is 0 Å². The highest BCUT2D eigenvalue weighted by molar-refractivity contribution is 6.92. The Bertz CT molecular complexity index is 861. The highest BCUT2D eigenvalue weighted by atomic mass is 28.5. The number of nitrogens with zero attached hydrogens (tertiary/aromatic N) is 2. The summed E-state index contributed by atoms with van der Waals surface area (Å²) < 4.78 is 35.6. The molecule has 0 bridgehead atoms. The number of carbonyl (C=O) groups excluding carboxylic acids is 2. The Labute approximate surface area is 270 Å². The SMILES string of the molecule is C=C(C)C(=O)N(C)CCC[Si](O[Si](C)(C)C)(O[Si](C)(C)C)O[Si](CCCN(C)C(=O)C(=C)C)(O[Si](C)(C)C)O[Si](C)(C)C. The Balaban J connectivity index is 6.92. The van der Waals surface area contributed by atoms with E-state index in [1.165, 1.54) is 0 Å². The molecule has 9 nitrogen and oxygen atoms in total. The highest BCUT2D eigenvalue weighted by Gasteiger charge is 2.58. The molecule has 0 aliphatic heterocycles. The summed E-state index contributed by atoms with van der Waals surface area (Å²) in [6, 6.07) is 1.09. The van der Waals surface area contributed by atoms with E-state index in [0.29, 0.717) is 49.2 Å². The Kier molecular flexibility index (Phi) is 16.2. The quantitative estimate of drug-likeness (QED) is 0.0982. The van der Waals surface area contributed by atoms with Gasteiger partial charge in [0, 0.05) is 50.4 Å². The first kappa shape index (κ1) is 42.5. The molecule has 15 heteroatoms. The lowest BCUT2D eigenvalue weighted by Crippen LogP contribution is -2.67. The van der Waals surface area contributed by atoms with Crippen molar-refractivity contribution in [1.29, 1.82) is 0 Å². The van der Waals surface area contributed by atoms with Gasteiger partial charge in [0.25, 0.3) is 0 Å². The molecule has 0 aromatic heterocycles. The van der Waals surface area contributed by atoms with Gasteiger partial charge >= 0.3 is 17.6 Å². The van der Waals surface area contributed by atoms with Crippen LogP contribution in [0.3, 0.4) is 0 Å². The molecule has 0 rings (SSSR count). The number of amides is 2. The lowest BCUT2D eigenvalue weighted by Gasteiger charge is -2.47. The van der Waals surface area contributed by atoms with Gasteiger partial charge in [-0.1, -0.05) is 13.2 Å². The standard InChI is InChI=1S/C28H64N2O7Si6/c1-25(2)27(31)29(5)21-19-23-42(33-38(7,8)9,34-39(10,11)12)37-43(35-40(13,14)15,36-41(16,17)18)24-20-22-30(6)28(32)26(3)4/h1,3,19-24H2,2,4-18H3. The minimum Gasteiger partial charge on any atom is -0.417 e. The molecule has 43 heavy (non-hydrogen) atoms. The first-order valence-corrected chi connectivity index (χ1v) is 32.8.